The number of ether oxygens (including phenoxy) is 2. The molecule has 22 heavy (non-hydrogen) atoms. The van der Waals surface area contributed by atoms with Gasteiger partial charge in [-0.05, 0) is 25.7 Å². The number of nitrogen functional groups attached to an aromatic ring is 1. The lowest BCUT2D eigenvalue weighted by Gasteiger charge is -2.14. The molecule has 0 bridgehead atoms. The van der Waals surface area contributed by atoms with E-state index in [9.17, 15) is 0 Å². The summed E-state index contributed by atoms with van der Waals surface area (Å²) in [6.07, 6.45) is 2.62. The summed E-state index contributed by atoms with van der Waals surface area (Å²) in [7, 11) is 0. The quantitative estimate of drug-likeness (QED) is 0.612. The number of nitrogens with one attached hydrogen (secondary N) is 1. The van der Waals surface area contributed by atoms with E-state index in [4.69, 9.17) is 15.2 Å². The average molecular weight is 310 g/mol. The molecular formula is C16H30N4O2. The second kappa shape index (κ2) is 10.2. The summed E-state index contributed by atoms with van der Waals surface area (Å²) in [6.45, 7) is 11.2. The van der Waals surface area contributed by atoms with Crippen molar-refractivity contribution in [2.45, 2.75) is 47.0 Å². The molecule has 1 aromatic rings. The molecule has 0 saturated carbocycles. The van der Waals surface area contributed by atoms with Crippen LogP contribution in [-0.4, -0.2) is 36.3 Å². The van der Waals surface area contributed by atoms with Crippen molar-refractivity contribution < 1.29 is 9.47 Å². The summed E-state index contributed by atoms with van der Waals surface area (Å²) in [5, 5.41) is 3.27. The second-order valence-electron chi connectivity index (χ2n) is 5.63. The molecule has 0 spiro atoms. The Morgan fingerprint density at radius 3 is 2.59 bits per heavy atom. The van der Waals surface area contributed by atoms with Crippen LogP contribution in [0.25, 0.3) is 0 Å². The Kier molecular flexibility index (Phi) is 8.58. The SMILES string of the molecule is CCCOc1nc(CC(C)C)nc(NCCCOCC)c1N. The summed E-state index contributed by atoms with van der Waals surface area (Å²) in [4.78, 5) is 8.98. The molecule has 6 heteroatoms. The Morgan fingerprint density at radius 1 is 1.18 bits per heavy atom. The van der Waals surface area contributed by atoms with Gasteiger partial charge < -0.3 is 20.5 Å². The van der Waals surface area contributed by atoms with Crippen LogP contribution in [0.3, 0.4) is 0 Å². The summed E-state index contributed by atoms with van der Waals surface area (Å²) in [5.41, 5.74) is 6.60. The van der Waals surface area contributed by atoms with Gasteiger partial charge in [0.1, 0.15) is 11.5 Å². The van der Waals surface area contributed by atoms with Gasteiger partial charge in [0.05, 0.1) is 6.61 Å². The maximum absolute atomic E-state index is 6.12. The molecule has 0 aliphatic carbocycles. The van der Waals surface area contributed by atoms with Crippen molar-refractivity contribution in [3.63, 3.8) is 0 Å². The van der Waals surface area contributed by atoms with Crippen LogP contribution >= 0.6 is 0 Å². The van der Waals surface area contributed by atoms with Crippen LogP contribution in [0.5, 0.6) is 5.88 Å². The molecule has 0 fully saturated rings. The van der Waals surface area contributed by atoms with Crippen LogP contribution in [0.15, 0.2) is 0 Å². The molecule has 0 radical (unpaired) electrons. The van der Waals surface area contributed by atoms with Gasteiger partial charge in [-0.3, -0.25) is 0 Å². The third-order valence-corrected chi connectivity index (χ3v) is 2.95. The maximum Gasteiger partial charge on any atom is 0.242 e. The highest BCUT2D eigenvalue weighted by Crippen LogP contribution is 2.27. The molecule has 1 heterocycles. The Hall–Kier alpha value is -1.56. The molecule has 0 amide bonds. The molecule has 1 aromatic heterocycles. The fourth-order valence-electron chi connectivity index (χ4n) is 1.92. The first-order valence-corrected chi connectivity index (χ1v) is 8.19. The van der Waals surface area contributed by atoms with E-state index in [2.05, 4.69) is 36.1 Å². The van der Waals surface area contributed by atoms with Gasteiger partial charge in [-0.2, -0.15) is 4.98 Å². The first-order chi connectivity index (χ1) is 10.6. The molecule has 1 rings (SSSR count). The van der Waals surface area contributed by atoms with E-state index in [1.165, 1.54) is 0 Å². The van der Waals surface area contributed by atoms with Crippen LogP contribution in [0.4, 0.5) is 11.5 Å². The summed E-state index contributed by atoms with van der Waals surface area (Å²) >= 11 is 0. The summed E-state index contributed by atoms with van der Waals surface area (Å²) < 4.78 is 11.0. The Bertz CT molecular complexity index is 438. The molecule has 0 atom stereocenters. The Balaban J connectivity index is 2.78. The first kappa shape index (κ1) is 18.5. The molecule has 3 N–H and O–H groups in total. The van der Waals surface area contributed by atoms with Crippen molar-refractivity contribution >= 4 is 11.5 Å². The van der Waals surface area contributed by atoms with Crippen molar-refractivity contribution in [2.75, 3.05) is 37.4 Å². The van der Waals surface area contributed by atoms with Crippen molar-refractivity contribution in [1.82, 2.24) is 9.97 Å². The third-order valence-electron chi connectivity index (χ3n) is 2.95. The molecule has 0 aromatic carbocycles. The largest absolute Gasteiger partial charge is 0.476 e. The maximum atomic E-state index is 6.12. The first-order valence-electron chi connectivity index (χ1n) is 8.19. The summed E-state index contributed by atoms with van der Waals surface area (Å²) in [6, 6.07) is 0. The smallest absolute Gasteiger partial charge is 0.242 e. The third kappa shape index (κ3) is 6.47. The standard InChI is InChI=1S/C16H30N4O2/c1-5-9-22-16-14(17)15(18-8-7-10-21-6-2)19-13(20-16)11-12(3)4/h12H,5-11,17H2,1-4H3,(H,18,19,20). The van der Waals surface area contributed by atoms with E-state index < -0.39 is 0 Å². The minimum atomic E-state index is 0.480. The predicted molar refractivity (Wildman–Crippen MR) is 90.4 cm³/mol. The Labute approximate surface area is 133 Å². The van der Waals surface area contributed by atoms with Gasteiger partial charge in [0, 0.05) is 26.2 Å². The zero-order valence-corrected chi connectivity index (χ0v) is 14.3. The van der Waals surface area contributed by atoms with E-state index >= 15 is 0 Å². The number of anilines is 2. The van der Waals surface area contributed by atoms with Crippen LogP contribution in [0.1, 0.15) is 46.4 Å². The van der Waals surface area contributed by atoms with Gasteiger partial charge in [0.15, 0.2) is 5.82 Å². The van der Waals surface area contributed by atoms with E-state index in [0.717, 1.165) is 44.8 Å². The zero-order valence-electron chi connectivity index (χ0n) is 14.3. The number of hydrogen-bond donors (Lipinski definition) is 2. The topological polar surface area (TPSA) is 82.3 Å². The van der Waals surface area contributed by atoms with Gasteiger partial charge in [0.2, 0.25) is 5.88 Å². The van der Waals surface area contributed by atoms with E-state index in [1.54, 1.807) is 0 Å². The normalized spacial score (nSPS) is 11.0. The van der Waals surface area contributed by atoms with E-state index in [0.29, 0.717) is 29.9 Å². The monoisotopic (exact) mass is 310 g/mol. The molecule has 0 aliphatic rings. The highest BCUT2D eigenvalue weighted by molar-refractivity contribution is 5.66. The van der Waals surface area contributed by atoms with Gasteiger partial charge in [-0.1, -0.05) is 20.8 Å². The summed E-state index contributed by atoms with van der Waals surface area (Å²) in [5.74, 6) is 2.39. The van der Waals surface area contributed by atoms with Crippen LogP contribution in [0.2, 0.25) is 0 Å². The minimum absolute atomic E-state index is 0.480. The van der Waals surface area contributed by atoms with Crippen molar-refractivity contribution in [1.29, 1.82) is 0 Å². The van der Waals surface area contributed by atoms with Gasteiger partial charge in [0.25, 0.3) is 0 Å². The number of rotatable bonds is 11. The van der Waals surface area contributed by atoms with Crippen molar-refractivity contribution in [3.05, 3.63) is 5.82 Å². The van der Waals surface area contributed by atoms with Crippen LogP contribution < -0.4 is 15.8 Å². The van der Waals surface area contributed by atoms with Gasteiger partial charge in [-0.25, -0.2) is 4.98 Å². The molecule has 0 unspecified atom stereocenters. The molecule has 126 valence electrons. The highest BCUT2D eigenvalue weighted by atomic mass is 16.5. The fourth-order valence-corrected chi connectivity index (χ4v) is 1.92. The number of nitrogens with two attached hydrogens (primary N) is 1. The minimum Gasteiger partial charge on any atom is -0.476 e. The number of hydrogen-bond acceptors (Lipinski definition) is 6. The lowest BCUT2D eigenvalue weighted by molar-refractivity contribution is 0.147. The number of nitrogens with zero attached hydrogens (tertiary/aromatic N) is 2. The highest BCUT2D eigenvalue weighted by Gasteiger charge is 2.13. The Morgan fingerprint density at radius 2 is 1.95 bits per heavy atom. The molecule has 6 nitrogen and oxygen atoms in total. The fraction of sp³-hybridized carbons (Fsp3) is 0.750. The lowest BCUT2D eigenvalue weighted by atomic mass is 10.1. The molecular weight excluding hydrogens is 280 g/mol. The average Bonchev–Trinajstić information content (AvgIpc) is 2.47. The van der Waals surface area contributed by atoms with E-state index in [-0.39, 0.29) is 0 Å². The second-order valence-corrected chi connectivity index (χ2v) is 5.63. The predicted octanol–water partition coefficient (Wildman–Crippen LogP) is 2.88. The van der Waals surface area contributed by atoms with Crippen LogP contribution in [-0.2, 0) is 11.2 Å². The van der Waals surface area contributed by atoms with Crippen molar-refractivity contribution in [3.8, 4) is 5.88 Å². The van der Waals surface area contributed by atoms with Crippen molar-refractivity contribution in [2.24, 2.45) is 5.92 Å². The number of aromatic nitrogens is 2. The van der Waals surface area contributed by atoms with E-state index in [1.807, 2.05) is 6.92 Å². The molecule has 0 saturated heterocycles. The van der Waals surface area contributed by atoms with Gasteiger partial charge in [-0.15, -0.1) is 0 Å². The van der Waals surface area contributed by atoms with Gasteiger partial charge >= 0.3 is 0 Å². The van der Waals surface area contributed by atoms with Crippen LogP contribution in [0, 0.1) is 5.92 Å². The zero-order chi connectivity index (χ0) is 16.4. The lowest BCUT2D eigenvalue weighted by Crippen LogP contribution is -2.14. The molecule has 0 aliphatic heterocycles.